The molecule has 3 rings (SSSR count). The van der Waals surface area contributed by atoms with Crippen LogP contribution in [0.15, 0.2) is 18.2 Å². The number of nitro groups is 1. The topological polar surface area (TPSA) is 55.6 Å². The summed E-state index contributed by atoms with van der Waals surface area (Å²) in [4.78, 5) is 13.0. The van der Waals surface area contributed by atoms with Crippen LogP contribution in [0.25, 0.3) is 0 Å². The number of hydrogen-bond acceptors (Lipinski definition) is 4. The zero-order valence-corrected chi connectivity index (χ0v) is 11.0. The van der Waals surface area contributed by atoms with Crippen LogP contribution in [0.5, 0.6) is 0 Å². The van der Waals surface area contributed by atoms with Crippen molar-refractivity contribution in [3.63, 3.8) is 0 Å². The number of piperidine rings is 1. The Bertz CT molecular complexity index is 503. The molecule has 0 N–H and O–H groups in total. The molecule has 1 heterocycles. The maximum Gasteiger partial charge on any atom is 0.269 e. The van der Waals surface area contributed by atoms with E-state index in [1.807, 2.05) is 6.07 Å². The summed E-state index contributed by atoms with van der Waals surface area (Å²) < 4.78 is 5.13. The summed E-state index contributed by atoms with van der Waals surface area (Å²) in [6.07, 6.45) is 1.14. The minimum atomic E-state index is -0.300. The lowest BCUT2D eigenvalue weighted by molar-refractivity contribution is -0.384. The molecular formula is C14H18N2O3. The van der Waals surface area contributed by atoms with Crippen molar-refractivity contribution in [1.82, 2.24) is 4.90 Å². The molecule has 1 aliphatic carbocycles. The van der Waals surface area contributed by atoms with Gasteiger partial charge in [0.2, 0.25) is 0 Å². The molecule has 1 aromatic rings. The van der Waals surface area contributed by atoms with Crippen LogP contribution in [0.3, 0.4) is 0 Å². The fraction of sp³-hybridized carbons (Fsp3) is 0.571. The minimum Gasteiger partial charge on any atom is -0.383 e. The van der Waals surface area contributed by atoms with Crippen molar-refractivity contribution < 1.29 is 9.66 Å². The molecule has 0 radical (unpaired) electrons. The third-order valence-corrected chi connectivity index (χ3v) is 4.30. The molecule has 5 heteroatoms. The first-order valence-electron chi connectivity index (χ1n) is 6.68. The number of hydrogen-bond donors (Lipinski definition) is 0. The number of nitro benzene ring substituents is 1. The number of rotatable bonds is 4. The van der Waals surface area contributed by atoms with Crippen LogP contribution >= 0.6 is 0 Å². The van der Waals surface area contributed by atoms with Gasteiger partial charge in [-0.05, 0) is 29.4 Å². The van der Waals surface area contributed by atoms with Gasteiger partial charge in [0.25, 0.3) is 5.69 Å². The van der Waals surface area contributed by atoms with Gasteiger partial charge < -0.3 is 4.74 Å². The summed E-state index contributed by atoms with van der Waals surface area (Å²) in [6, 6.07) is 5.37. The van der Waals surface area contributed by atoms with Crippen molar-refractivity contribution in [1.29, 1.82) is 0 Å². The molecule has 2 bridgehead atoms. The van der Waals surface area contributed by atoms with Crippen LogP contribution < -0.4 is 0 Å². The van der Waals surface area contributed by atoms with Crippen molar-refractivity contribution in [2.45, 2.75) is 18.3 Å². The summed E-state index contributed by atoms with van der Waals surface area (Å²) in [7, 11) is 1.72. The first kappa shape index (κ1) is 12.6. The van der Waals surface area contributed by atoms with E-state index in [2.05, 4.69) is 4.90 Å². The number of benzene rings is 1. The molecule has 1 aliphatic heterocycles. The van der Waals surface area contributed by atoms with Gasteiger partial charge in [0.1, 0.15) is 0 Å². The average Bonchev–Trinajstić information content (AvgIpc) is 2.68. The predicted octanol–water partition coefficient (Wildman–Crippen LogP) is 2.13. The highest BCUT2D eigenvalue weighted by Crippen LogP contribution is 2.46. The molecule has 102 valence electrons. The second kappa shape index (κ2) is 4.90. The Labute approximate surface area is 112 Å². The van der Waals surface area contributed by atoms with Crippen LogP contribution in [-0.2, 0) is 4.74 Å². The molecule has 2 unspecified atom stereocenters. The van der Waals surface area contributed by atoms with Gasteiger partial charge in [-0.15, -0.1) is 0 Å². The Hall–Kier alpha value is -1.46. The number of nitrogens with zero attached hydrogens (tertiary/aromatic N) is 2. The van der Waals surface area contributed by atoms with Crippen molar-refractivity contribution in [2.24, 2.45) is 0 Å². The summed E-state index contributed by atoms with van der Waals surface area (Å²) in [5.74, 6) is 0.983. The van der Waals surface area contributed by atoms with Crippen LogP contribution in [0.1, 0.15) is 29.4 Å². The van der Waals surface area contributed by atoms with Crippen LogP contribution in [0, 0.1) is 10.1 Å². The van der Waals surface area contributed by atoms with Gasteiger partial charge in [0, 0.05) is 38.9 Å². The maximum atomic E-state index is 10.9. The monoisotopic (exact) mass is 262 g/mol. The summed E-state index contributed by atoms with van der Waals surface area (Å²) in [6.45, 7) is 3.73. The van der Waals surface area contributed by atoms with Gasteiger partial charge in [-0.25, -0.2) is 0 Å². The van der Waals surface area contributed by atoms with Gasteiger partial charge in [0.05, 0.1) is 11.5 Å². The molecule has 2 atom stereocenters. The smallest absolute Gasteiger partial charge is 0.269 e. The Morgan fingerprint density at radius 2 is 2.11 bits per heavy atom. The molecule has 5 nitrogen and oxygen atoms in total. The first-order chi connectivity index (χ1) is 9.19. The van der Waals surface area contributed by atoms with Gasteiger partial charge in [-0.3, -0.25) is 15.0 Å². The number of likely N-dealkylation sites (tertiary alicyclic amines) is 1. The van der Waals surface area contributed by atoms with Gasteiger partial charge in [0.15, 0.2) is 0 Å². The minimum absolute atomic E-state index is 0.217. The van der Waals surface area contributed by atoms with Crippen LogP contribution in [0.2, 0.25) is 0 Å². The highest BCUT2D eigenvalue weighted by atomic mass is 16.6. The van der Waals surface area contributed by atoms with Crippen LogP contribution in [-0.4, -0.2) is 43.2 Å². The second-order valence-corrected chi connectivity index (χ2v) is 5.45. The lowest BCUT2D eigenvalue weighted by Gasteiger charge is -2.31. The molecule has 1 aromatic carbocycles. The lowest BCUT2D eigenvalue weighted by Crippen LogP contribution is -2.37. The molecule has 0 spiro atoms. The SMILES string of the molecule is COCCN1CC2CC(C1)c1cc([N+](=O)[O-])ccc12. The van der Waals surface area contributed by atoms with Crippen molar-refractivity contribution >= 4 is 5.69 Å². The molecule has 2 aliphatic rings. The lowest BCUT2D eigenvalue weighted by atomic mass is 9.96. The number of fused-ring (bicyclic) bond motifs is 5. The third kappa shape index (κ3) is 2.24. The Morgan fingerprint density at radius 1 is 1.37 bits per heavy atom. The normalized spacial score (nSPS) is 25.3. The van der Waals surface area contributed by atoms with Crippen molar-refractivity contribution in [3.8, 4) is 0 Å². The number of ether oxygens (including phenoxy) is 1. The van der Waals surface area contributed by atoms with Crippen molar-refractivity contribution in [3.05, 3.63) is 39.4 Å². The Morgan fingerprint density at radius 3 is 2.79 bits per heavy atom. The highest BCUT2D eigenvalue weighted by Gasteiger charge is 2.38. The Balaban J connectivity index is 1.83. The van der Waals surface area contributed by atoms with Gasteiger partial charge >= 0.3 is 0 Å². The van der Waals surface area contributed by atoms with E-state index in [4.69, 9.17) is 4.74 Å². The summed E-state index contributed by atoms with van der Waals surface area (Å²) in [5, 5.41) is 10.9. The molecular weight excluding hydrogens is 244 g/mol. The maximum absolute atomic E-state index is 10.9. The average molecular weight is 262 g/mol. The molecule has 0 aromatic heterocycles. The van der Waals surface area contributed by atoms with E-state index < -0.39 is 0 Å². The summed E-state index contributed by atoms with van der Waals surface area (Å²) in [5.41, 5.74) is 2.73. The van der Waals surface area contributed by atoms with Gasteiger partial charge in [-0.2, -0.15) is 0 Å². The first-order valence-corrected chi connectivity index (χ1v) is 6.68. The standard InChI is InChI=1S/C14H18N2O3/c1-19-5-4-15-8-10-6-11(9-15)14-7-12(16(17)18)2-3-13(10)14/h2-3,7,10-11H,4-6,8-9H2,1H3. The van der Waals surface area contributed by atoms with E-state index >= 15 is 0 Å². The fourth-order valence-corrected chi connectivity index (χ4v) is 3.45. The number of methoxy groups -OCH3 is 1. The largest absolute Gasteiger partial charge is 0.383 e. The molecule has 19 heavy (non-hydrogen) atoms. The predicted molar refractivity (Wildman–Crippen MR) is 71.5 cm³/mol. The number of non-ortho nitro benzene ring substituents is 1. The van der Waals surface area contributed by atoms with E-state index in [9.17, 15) is 10.1 Å². The zero-order valence-electron chi connectivity index (χ0n) is 11.0. The summed E-state index contributed by atoms with van der Waals surface area (Å²) >= 11 is 0. The van der Waals surface area contributed by atoms with E-state index in [1.54, 1.807) is 19.2 Å². The van der Waals surface area contributed by atoms with Crippen molar-refractivity contribution in [2.75, 3.05) is 33.4 Å². The zero-order chi connectivity index (χ0) is 13.4. The Kier molecular flexibility index (Phi) is 3.24. The van der Waals surface area contributed by atoms with E-state index in [0.717, 1.165) is 32.7 Å². The van der Waals surface area contributed by atoms with E-state index in [0.29, 0.717) is 11.8 Å². The second-order valence-electron chi connectivity index (χ2n) is 5.45. The van der Waals surface area contributed by atoms with Crippen LogP contribution in [0.4, 0.5) is 5.69 Å². The molecule has 1 fully saturated rings. The quantitative estimate of drug-likeness (QED) is 0.616. The molecule has 0 saturated carbocycles. The van der Waals surface area contributed by atoms with Gasteiger partial charge in [-0.1, -0.05) is 6.07 Å². The van der Waals surface area contributed by atoms with E-state index in [-0.39, 0.29) is 10.6 Å². The highest BCUT2D eigenvalue weighted by molar-refractivity contribution is 5.47. The molecule has 0 amide bonds. The third-order valence-electron chi connectivity index (χ3n) is 4.30. The van der Waals surface area contributed by atoms with E-state index in [1.165, 1.54) is 11.1 Å². The fourth-order valence-electron chi connectivity index (χ4n) is 3.45. The molecule has 1 saturated heterocycles.